The van der Waals surface area contributed by atoms with Crippen molar-refractivity contribution in [2.45, 2.75) is 29.8 Å². The molecule has 5 atom stereocenters. The molecular formula is C22H22N2O6S. The summed E-state index contributed by atoms with van der Waals surface area (Å²) >= 11 is 1.33. The number of carbonyl (C=O) groups is 2. The number of amidine groups is 1. The van der Waals surface area contributed by atoms with Crippen LogP contribution in [-0.4, -0.2) is 65.7 Å². The summed E-state index contributed by atoms with van der Waals surface area (Å²) in [7, 11) is 1.73. The third kappa shape index (κ3) is 4.73. The maximum atomic E-state index is 12.6. The zero-order valence-corrected chi connectivity index (χ0v) is 17.5. The molecular weight excluding hydrogens is 420 g/mol. The van der Waals surface area contributed by atoms with Gasteiger partial charge in [-0.15, -0.1) is 0 Å². The molecule has 0 radical (unpaired) electrons. The Hall–Kier alpha value is -2.88. The van der Waals surface area contributed by atoms with Crippen LogP contribution in [-0.2, 0) is 14.2 Å². The third-order valence-electron chi connectivity index (χ3n) is 4.99. The number of aliphatic hydroxyl groups is 1. The van der Waals surface area contributed by atoms with E-state index in [0.29, 0.717) is 16.3 Å². The first kappa shape index (κ1) is 21.4. The topological polar surface area (TPSA) is 106 Å². The summed E-state index contributed by atoms with van der Waals surface area (Å²) in [6, 6.07) is 16.5. The van der Waals surface area contributed by atoms with Gasteiger partial charge < -0.3 is 24.6 Å². The minimum atomic E-state index is -1.22. The van der Waals surface area contributed by atoms with Gasteiger partial charge in [0.15, 0.2) is 11.3 Å². The van der Waals surface area contributed by atoms with Gasteiger partial charge in [0.2, 0.25) is 0 Å². The maximum Gasteiger partial charge on any atom is 0.338 e. The van der Waals surface area contributed by atoms with Gasteiger partial charge in [-0.25, -0.2) is 9.59 Å². The van der Waals surface area contributed by atoms with Crippen LogP contribution in [0.15, 0.2) is 65.7 Å². The number of hydrogen-bond acceptors (Lipinski definition) is 9. The van der Waals surface area contributed by atoms with E-state index >= 15 is 0 Å². The molecule has 2 aliphatic heterocycles. The standard InChI is InChI=1S/C22H22N2O6S/c1-23-22-24-16-18(30-20(27)14-10-6-3-7-11-14)17(25)15(29-21(16)31-22)12-28-19(26)13-8-4-2-5-9-13/h2-11,15-18,21,25H,12H2,1H3,(H,23,24)/t15-,16-,17+,18+,21-/m1/s1. The molecule has 2 aromatic rings. The molecule has 4 rings (SSSR count). The van der Waals surface area contributed by atoms with Crippen molar-refractivity contribution in [2.75, 3.05) is 13.7 Å². The van der Waals surface area contributed by atoms with Gasteiger partial charge in [-0.1, -0.05) is 48.2 Å². The Balaban J connectivity index is 1.48. The molecule has 8 nitrogen and oxygen atoms in total. The van der Waals surface area contributed by atoms with Crippen molar-refractivity contribution in [1.29, 1.82) is 0 Å². The Labute approximate surface area is 183 Å². The first-order valence-corrected chi connectivity index (χ1v) is 10.7. The molecule has 1 saturated heterocycles. The number of carbonyl (C=O) groups excluding carboxylic acids is 2. The molecule has 2 heterocycles. The molecule has 2 aliphatic rings. The molecule has 0 bridgehead atoms. The fourth-order valence-electron chi connectivity index (χ4n) is 3.39. The third-order valence-corrected chi connectivity index (χ3v) is 6.15. The van der Waals surface area contributed by atoms with Gasteiger partial charge in [0, 0.05) is 7.05 Å². The number of aliphatic hydroxyl groups excluding tert-OH is 1. The average molecular weight is 442 g/mol. The largest absolute Gasteiger partial charge is 0.459 e. The zero-order valence-electron chi connectivity index (χ0n) is 16.7. The van der Waals surface area contributed by atoms with Crippen molar-refractivity contribution >= 4 is 28.9 Å². The normalized spacial score (nSPS) is 27.0. The summed E-state index contributed by atoms with van der Waals surface area (Å²) in [6.07, 6.45) is -3.05. The molecule has 0 aromatic heterocycles. The molecule has 162 valence electrons. The Morgan fingerprint density at radius 1 is 1.06 bits per heavy atom. The Morgan fingerprint density at radius 2 is 1.68 bits per heavy atom. The smallest absolute Gasteiger partial charge is 0.338 e. The summed E-state index contributed by atoms with van der Waals surface area (Å²) in [4.78, 5) is 29.4. The lowest BCUT2D eigenvalue weighted by Gasteiger charge is -2.39. The van der Waals surface area contributed by atoms with Crippen molar-refractivity contribution in [3.63, 3.8) is 0 Å². The molecule has 9 heteroatoms. The number of hydrogen-bond donors (Lipinski definition) is 2. The lowest BCUT2D eigenvalue weighted by Crippen LogP contribution is -2.57. The van der Waals surface area contributed by atoms with Crippen LogP contribution >= 0.6 is 11.8 Å². The number of nitrogens with one attached hydrogen (secondary N) is 1. The summed E-state index contributed by atoms with van der Waals surface area (Å²) in [5, 5.41) is 14.5. The van der Waals surface area contributed by atoms with Crippen molar-refractivity contribution < 1.29 is 28.9 Å². The Kier molecular flexibility index (Phi) is 6.55. The molecule has 1 fully saturated rings. The minimum absolute atomic E-state index is 0.188. The maximum absolute atomic E-state index is 12.6. The second-order valence-corrected chi connectivity index (χ2v) is 8.11. The average Bonchev–Trinajstić information content (AvgIpc) is 3.23. The van der Waals surface area contributed by atoms with Crippen LogP contribution in [0.5, 0.6) is 0 Å². The first-order valence-electron chi connectivity index (χ1n) is 9.81. The van der Waals surface area contributed by atoms with E-state index in [4.69, 9.17) is 14.2 Å². The molecule has 0 amide bonds. The molecule has 0 spiro atoms. The number of nitrogens with zero attached hydrogens (tertiary/aromatic N) is 1. The number of rotatable bonds is 5. The van der Waals surface area contributed by atoms with E-state index in [1.807, 2.05) is 0 Å². The number of benzene rings is 2. The van der Waals surface area contributed by atoms with Crippen LogP contribution in [0.3, 0.4) is 0 Å². The number of thioether (sulfide) groups is 1. The summed E-state index contributed by atoms with van der Waals surface area (Å²) in [5.74, 6) is -1.09. The lowest BCUT2D eigenvalue weighted by molar-refractivity contribution is -0.166. The van der Waals surface area contributed by atoms with Crippen LogP contribution in [0.25, 0.3) is 0 Å². The van der Waals surface area contributed by atoms with Gasteiger partial charge in [-0.2, -0.15) is 0 Å². The molecule has 2 N–H and O–H groups in total. The number of aliphatic imine (C=N–C) groups is 1. The highest BCUT2D eigenvalue weighted by Gasteiger charge is 2.51. The van der Waals surface area contributed by atoms with Crippen LogP contribution in [0.4, 0.5) is 0 Å². The van der Waals surface area contributed by atoms with Gasteiger partial charge in [-0.3, -0.25) is 4.99 Å². The van der Waals surface area contributed by atoms with Crippen molar-refractivity contribution in [3.05, 3.63) is 71.8 Å². The number of fused-ring (bicyclic) bond motifs is 1. The zero-order chi connectivity index (χ0) is 21.8. The molecule has 31 heavy (non-hydrogen) atoms. The van der Waals surface area contributed by atoms with E-state index in [9.17, 15) is 14.7 Å². The van der Waals surface area contributed by atoms with Crippen LogP contribution in [0, 0.1) is 0 Å². The van der Waals surface area contributed by atoms with Gasteiger partial charge in [0.25, 0.3) is 0 Å². The van der Waals surface area contributed by atoms with Crippen molar-refractivity contribution in [1.82, 2.24) is 5.32 Å². The van der Waals surface area contributed by atoms with Gasteiger partial charge in [-0.05, 0) is 24.3 Å². The molecule has 0 saturated carbocycles. The van der Waals surface area contributed by atoms with Gasteiger partial charge >= 0.3 is 11.9 Å². The number of esters is 2. The second kappa shape index (κ2) is 9.51. The van der Waals surface area contributed by atoms with E-state index in [0.717, 1.165) is 0 Å². The predicted molar refractivity (Wildman–Crippen MR) is 115 cm³/mol. The molecule has 2 aromatic carbocycles. The van der Waals surface area contributed by atoms with E-state index in [1.54, 1.807) is 67.7 Å². The van der Waals surface area contributed by atoms with E-state index < -0.39 is 41.7 Å². The highest BCUT2D eigenvalue weighted by molar-refractivity contribution is 8.14. The highest BCUT2D eigenvalue weighted by atomic mass is 32.2. The minimum Gasteiger partial charge on any atom is -0.459 e. The van der Waals surface area contributed by atoms with Crippen LogP contribution < -0.4 is 5.32 Å². The SMILES string of the molecule is CNC1=N[C@@H]2[C@H](OC(=O)c3ccccc3)[C@@H](O)[C@@H](COC(=O)c3ccccc3)O[C@@H]2S1. The lowest BCUT2D eigenvalue weighted by atomic mass is 9.98. The first-order chi connectivity index (χ1) is 15.1. The summed E-state index contributed by atoms with van der Waals surface area (Å²) in [5.41, 5.74) is 0.280. The molecule has 0 unspecified atom stereocenters. The van der Waals surface area contributed by atoms with Crippen LogP contribution in [0.1, 0.15) is 20.7 Å². The monoisotopic (exact) mass is 442 g/mol. The summed E-state index contributed by atoms with van der Waals surface area (Å²) in [6.45, 7) is -0.188. The van der Waals surface area contributed by atoms with E-state index in [1.165, 1.54) is 11.8 Å². The van der Waals surface area contributed by atoms with E-state index in [2.05, 4.69) is 10.3 Å². The predicted octanol–water partition coefficient (Wildman–Crippen LogP) is 1.85. The van der Waals surface area contributed by atoms with Crippen molar-refractivity contribution in [3.8, 4) is 0 Å². The van der Waals surface area contributed by atoms with E-state index in [-0.39, 0.29) is 6.61 Å². The number of ether oxygens (including phenoxy) is 3. The van der Waals surface area contributed by atoms with Gasteiger partial charge in [0.1, 0.15) is 30.3 Å². The Bertz CT molecular complexity index is 955. The van der Waals surface area contributed by atoms with Crippen LogP contribution in [0.2, 0.25) is 0 Å². The second-order valence-electron chi connectivity index (χ2n) is 7.03. The Morgan fingerprint density at radius 3 is 2.29 bits per heavy atom. The fourth-order valence-corrected chi connectivity index (χ4v) is 4.47. The quantitative estimate of drug-likeness (QED) is 0.676. The fraction of sp³-hybridized carbons (Fsp3) is 0.318. The highest BCUT2D eigenvalue weighted by Crippen LogP contribution is 2.37. The van der Waals surface area contributed by atoms with Gasteiger partial charge in [0.05, 0.1) is 11.1 Å². The molecule has 0 aliphatic carbocycles. The summed E-state index contributed by atoms with van der Waals surface area (Å²) < 4.78 is 17.0. The van der Waals surface area contributed by atoms with Crippen molar-refractivity contribution in [2.24, 2.45) is 4.99 Å².